The van der Waals surface area contributed by atoms with Gasteiger partial charge in [-0.1, -0.05) is 0 Å². The molecule has 0 bridgehead atoms. The molecule has 0 spiro atoms. The average Bonchev–Trinajstić information content (AvgIpc) is 2.54. The molecule has 1 aromatic carbocycles. The van der Waals surface area contributed by atoms with Crippen molar-refractivity contribution in [1.82, 2.24) is 9.29 Å². The van der Waals surface area contributed by atoms with Crippen LogP contribution in [-0.2, 0) is 16.2 Å². The number of pyridine rings is 1. The topological polar surface area (TPSA) is 79.4 Å². The van der Waals surface area contributed by atoms with Gasteiger partial charge in [-0.15, -0.1) is 0 Å². The molecule has 1 heterocycles. The van der Waals surface area contributed by atoms with Crippen LogP contribution in [0, 0.1) is 0 Å². The monoisotopic (exact) mass is 373 g/mol. The molecule has 6 nitrogen and oxygen atoms in total. The SMILES string of the molecule is CN(C)S(=O)(=O)c1ccc(NC(=O)c2ccc(C(F)(F)F)nc2)cc1. The molecule has 1 N–H and O–H groups in total. The predicted octanol–water partition coefficient (Wildman–Crippen LogP) is 2.60. The van der Waals surface area contributed by atoms with E-state index in [0.29, 0.717) is 11.8 Å². The van der Waals surface area contributed by atoms with Gasteiger partial charge in [-0.25, -0.2) is 12.7 Å². The van der Waals surface area contributed by atoms with Crippen LogP contribution in [0.1, 0.15) is 16.1 Å². The van der Waals surface area contributed by atoms with Crippen LogP contribution < -0.4 is 5.32 Å². The first kappa shape index (κ1) is 18.9. The number of benzene rings is 1. The van der Waals surface area contributed by atoms with Crippen molar-refractivity contribution in [1.29, 1.82) is 0 Å². The Morgan fingerprint density at radius 2 is 1.68 bits per heavy atom. The van der Waals surface area contributed by atoms with E-state index in [9.17, 15) is 26.4 Å². The summed E-state index contributed by atoms with van der Waals surface area (Å²) in [4.78, 5) is 15.3. The highest BCUT2D eigenvalue weighted by molar-refractivity contribution is 7.89. The zero-order valence-corrected chi connectivity index (χ0v) is 14.0. The molecule has 0 fully saturated rings. The van der Waals surface area contributed by atoms with E-state index in [1.54, 1.807) is 0 Å². The quantitative estimate of drug-likeness (QED) is 0.894. The Balaban J connectivity index is 2.13. The lowest BCUT2D eigenvalue weighted by Crippen LogP contribution is -2.22. The van der Waals surface area contributed by atoms with Crippen LogP contribution in [0.25, 0.3) is 0 Å². The smallest absolute Gasteiger partial charge is 0.322 e. The molecule has 0 radical (unpaired) electrons. The summed E-state index contributed by atoms with van der Waals surface area (Å²) < 4.78 is 62.3. The highest BCUT2D eigenvalue weighted by Gasteiger charge is 2.32. The molecule has 2 aromatic rings. The van der Waals surface area contributed by atoms with Crippen LogP contribution in [-0.4, -0.2) is 37.7 Å². The van der Waals surface area contributed by atoms with Crippen molar-refractivity contribution in [2.24, 2.45) is 0 Å². The summed E-state index contributed by atoms with van der Waals surface area (Å²) in [5.41, 5.74) is -0.858. The number of alkyl halides is 3. The van der Waals surface area contributed by atoms with Gasteiger partial charge in [-0.3, -0.25) is 9.78 Å². The van der Waals surface area contributed by atoms with E-state index in [1.807, 2.05) is 0 Å². The van der Waals surface area contributed by atoms with Gasteiger partial charge in [0, 0.05) is 26.0 Å². The van der Waals surface area contributed by atoms with Crippen molar-refractivity contribution < 1.29 is 26.4 Å². The molecular formula is C15H14F3N3O3S. The van der Waals surface area contributed by atoms with Crippen molar-refractivity contribution in [2.75, 3.05) is 19.4 Å². The maximum Gasteiger partial charge on any atom is 0.433 e. The molecule has 2 rings (SSSR count). The third kappa shape index (κ3) is 4.34. The largest absolute Gasteiger partial charge is 0.433 e. The summed E-state index contributed by atoms with van der Waals surface area (Å²) in [7, 11) is -0.806. The molecule has 0 aliphatic rings. The second-order valence-corrected chi connectivity index (χ2v) is 7.35. The Bertz CT molecular complexity index is 862. The number of nitrogens with one attached hydrogen (secondary N) is 1. The van der Waals surface area contributed by atoms with Crippen LogP contribution in [0.5, 0.6) is 0 Å². The summed E-state index contributed by atoms with van der Waals surface area (Å²) in [6.07, 6.45) is -3.76. The minimum absolute atomic E-state index is 0.0479. The molecule has 10 heteroatoms. The van der Waals surface area contributed by atoms with Gasteiger partial charge in [0.25, 0.3) is 5.91 Å². The summed E-state index contributed by atoms with van der Waals surface area (Å²) in [6.45, 7) is 0. The number of sulfonamides is 1. The third-order valence-electron chi connectivity index (χ3n) is 3.21. The fourth-order valence-electron chi connectivity index (χ4n) is 1.82. The Hall–Kier alpha value is -2.46. The molecule has 0 saturated carbocycles. The van der Waals surface area contributed by atoms with E-state index in [4.69, 9.17) is 0 Å². The van der Waals surface area contributed by atoms with Gasteiger partial charge in [-0.2, -0.15) is 13.2 Å². The molecule has 0 aliphatic heterocycles. The number of rotatable bonds is 4. The number of aromatic nitrogens is 1. The van der Waals surface area contributed by atoms with Gasteiger partial charge in [-0.05, 0) is 36.4 Å². The Kier molecular flexibility index (Phi) is 5.14. The molecule has 0 saturated heterocycles. The molecule has 1 amide bonds. The summed E-state index contributed by atoms with van der Waals surface area (Å²) >= 11 is 0. The first-order valence-electron chi connectivity index (χ1n) is 6.89. The van der Waals surface area contributed by atoms with Crippen LogP contribution in [0.3, 0.4) is 0 Å². The number of hydrogen-bond acceptors (Lipinski definition) is 4. The zero-order valence-electron chi connectivity index (χ0n) is 13.2. The van der Waals surface area contributed by atoms with Crippen molar-refractivity contribution >= 4 is 21.6 Å². The molecule has 134 valence electrons. The van der Waals surface area contributed by atoms with E-state index in [2.05, 4.69) is 10.3 Å². The van der Waals surface area contributed by atoms with Crippen molar-refractivity contribution in [3.8, 4) is 0 Å². The fraction of sp³-hybridized carbons (Fsp3) is 0.200. The molecule has 0 atom stereocenters. The van der Waals surface area contributed by atoms with E-state index >= 15 is 0 Å². The van der Waals surface area contributed by atoms with Crippen molar-refractivity contribution in [3.05, 3.63) is 53.9 Å². The van der Waals surface area contributed by atoms with Gasteiger partial charge in [0.1, 0.15) is 5.69 Å². The maximum absolute atomic E-state index is 12.4. The van der Waals surface area contributed by atoms with Gasteiger partial charge < -0.3 is 5.32 Å². The minimum atomic E-state index is -4.58. The summed E-state index contributed by atoms with van der Waals surface area (Å²) in [5.74, 6) is -0.663. The molecule has 1 aromatic heterocycles. The Morgan fingerprint density at radius 3 is 2.12 bits per heavy atom. The Labute approximate surface area is 142 Å². The number of carbonyl (C=O) groups excluding carboxylic acids is 1. The maximum atomic E-state index is 12.4. The fourth-order valence-corrected chi connectivity index (χ4v) is 2.72. The van der Waals surface area contributed by atoms with Gasteiger partial charge in [0.05, 0.1) is 10.5 Å². The lowest BCUT2D eigenvalue weighted by Gasteiger charge is -2.12. The van der Waals surface area contributed by atoms with Crippen LogP contribution in [0.4, 0.5) is 18.9 Å². The zero-order chi connectivity index (χ0) is 18.8. The number of carbonyl (C=O) groups is 1. The van der Waals surface area contributed by atoms with E-state index in [1.165, 1.54) is 38.4 Å². The number of nitrogens with zero attached hydrogens (tertiary/aromatic N) is 2. The predicted molar refractivity (Wildman–Crippen MR) is 84.5 cm³/mol. The van der Waals surface area contributed by atoms with Crippen molar-refractivity contribution in [3.63, 3.8) is 0 Å². The standard InChI is InChI=1S/C15H14F3N3O3S/c1-21(2)25(23,24)12-6-4-11(5-7-12)20-14(22)10-3-8-13(19-9-10)15(16,17)18/h3-9H,1-2H3,(H,20,22). The first-order valence-corrected chi connectivity index (χ1v) is 8.33. The molecule has 25 heavy (non-hydrogen) atoms. The lowest BCUT2D eigenvalue weighted by atomic mass is 10.2. The average molecular weight is 373 g/mol. The highest BCUT2D eigenvalue weighted by Crippen LogP contribution is 2.27. The van der Waals surface area contributed by atoms with Gasteiger partial charge in [0.2, 0.25) is 10.0 Å². The first-order chi connectivity index (χ1) is 11.5. The van der Waals surface area contributed by atoms with Crippen LogP contribution >= 0.6 is 0 Å². The van der Waals surface area contributed by atoms with E-state index < -0.39 is 27.8 Å². The molecular weight excluding hydrogens is 359 g/mol. The van der Waals surface area contributed by atoms with Gasteiger partial charge >= 0.3 is 6.18 Å². The highest BCUT2D eigenvalue weighted by atomic mass is 32.2. The van der Waals surface area contributed by atoms with Crippen LogP contribution in [0.2, 0.25) is 0 Å². The number of anilines is 1. The molecule has 0 aliphatic carbocycles. The molecule has 0 unspecified atom stereocenters. The number of halogens is 3. The second-order valence-electron chi connectivity index (χ2n) is 5.20. The van der Waals surface area contributed by atoms with E-state index in [0.717, 1.165) is 16.6 Å². The number of hydrogen-bond donors (Lipinski definition) is 1. The second kappa shape index (κ2) is 6.81. The summed E-state index contributed by atoms with van der Waals surface area (Å²) in [6, 6.07) is 7.11. The Morgan fingerprint density at radius 1 is 1.08 bits per heavy atom. The van der Waals surface area contributed by atoms with Crippen molar-refractivity contribution in [2.45, 2.75) is 11.1 Å². The summed E-state index contributed by atoms with van der Waals surface area (Å²) in [5, 5.41) is 2.46. The van der Waals surface area contributed by atoms with E-state index in [-0.39, 0.29) is 10.5 Å². The normalized spacial score (nSPS) is 12.2. The lowest BCUT2D eigenvalue weighted by molar-refractivity contribution is -0.141. The van der Waals surface area contributed by atoms with Gasteiger partial charge in [0.15, 0.2) is 0 Å². The third-order valence-corrected chi connectivity index (χ3v) is 5.04. The van der Waals surface area contributed by atoms with Crippen LogP contribution in [0.15, 0.2) is 47.5 Å². The minimum Gasteiger partial charge on any atom is -0.322 e. The number of amides is 1.